The maximum absolute atomic E-state index is 4.24. The molecule has 0 amide bonds. The van der Waals surface area contributed by atoms with Gasteiger partial charge in [-0.25, -0.2) is 0 Å². The van der Waals surface area contributed by atoms with Crippen molar-refractivity contribution in [2.75, 3.05) is 13.1 Å². The van der Waals surface area contributed by atoms with Crippen LogP contribution in [0.5, 0.6) is 0 Å². The van der Waals surface area contributed by atoms with Crippen molar-refractivity contribution < 1.29 is 0 Å². The van der Waals surface area contributed by atoms with E-state index in [0.717, 1.165) is 13.1 Å². The molecule has 3 heteroatoms. The highest BCUT2D eigenvalue weighted by Gasteiger charge is 2.28. The van der Waals surface area contributed by atoms with E-state index in [4.69, 9.17) is 0 Å². The molecule has 18 heavy (non-hydrogen) atoms. The highest BCUT2D eigenvalue weighted by molar-refractivity contribution is 5.14. The molecule has 100 valence electrons. The van der Waals surface area contributed by atoms with Crippen LogP contribution < -0.4 is 5.32 Å². The zero-order valence-electron chi connectivity index (χ0n) is 11.8. The van der Waals surface area contributed by atoms with Crippen molar-refractivity contribution in [3.05, 3.63) is 30.1 Å². The molecule has 1 N–H and O–H groups in total. The SMILES string of the molecule is CCCC1CN(C(C)c2cccnc2)C(C)CN1. The van der Waals surface area contributed by atoms with Gasteiger partial charge in [-0.3, -0.25) is 9.88 Å². The summed E-state index contributed by atoms with van der Waals surface area (Å²) in [6.07, 6.45) is 6.36. The highest BCUT2D eigenvalue weighted by atomic mass is 15.2. The average Bonchev–Trinajstić information content (AvgIpc) is 2.41. The van der Waals surface area contributed by atoms with Gasteiger partial charge < -0.3 is 5.32 Å². The van der Waals surface area contributed by atoms with Gasteiger partial charge in [0, 0.05) is 43.6 Å². The van der Waals surface area contributed by atoms with Crippen LogP contribution in [0.4, 0.5) is 0 Å². The molecule has 0 aromatic carbocycles. The zero-order chi connectivity index (χ0) is 13.0. The van der Waals surface area contributed by atoms with Crippen LogP contribution in [-0.4, -0.2) is 35.1 Å². The van der Waals surface area contributed by atoms with E-state index in [1.165, 1.54) is 18.4 Å². The van der Waals surface area contributed by atoms with Crippen LogP contribution in [0.15, 0.2) is 24.5 Å². The van der Waals surface area contributed by atoms with E-state index in [-0.39, 0.29) is 0 Å². The smallest absolute Gasteiger partial charge is 0.0339 e. The van der Waals surface area contributed by atoms with Crippen molar-refractivity contribution in [2.24, 2.45) is 0 Å². The Balaban J connectivity index is 2.05. The normalized spacial score (nSPS) is 27.1. The fourth-order valence-electron chi connectivity index (χ4n) is 2.85. The van der Waals surface area contributed by atoms with E-state index >= 15 is 0 Å². The lowest BCUT2D eigenvalue weighted by atomic mass is 10.0. The van der Waals surface area contributed by atoms with Gasteiger partial charge in [0.2, 0.25) is 0 Å². The molecule has 3 atom stereocenters. The molecule has 2 rings (SSSR count). The first-order valence-electron chi connectivity index (χ1n) is 7.11. The molecule has 0 radical (unpaired) electrons. The molecule has 3 nitrogen and oxygen atoms in total. The number of nitrogens with one attached hydrogen (secondary N) is 1. The number of piperazine rings is 1. The number of nitrogens with zero attached hydrogens (tertiary/aromatic N) is 2. The molecular formula is C15H25N3. The van der Waals surface area contributed by atoms with Gasteiger partial charge in [-0.05, 0) is 31.9 Å². The number of hydrogen-bond acceptors (Lipinski definition) is 3. The Bertz CT molecular complexity index is 352. The second-order valence-electron chi connectivity index (χ2n) is 5.40. The second-order valence-corrected chi connectivity index (χ2v) is 5.40. The van der Waals surface area contributed by atoms with E-state index in [2.05, 4.69) is 42.0 Å². The Hall–Kier alpha value is -0.930. The third kappa shape index (κ3) is 3.09. The number of pyridine rings is 1. The summed E-state index contributed by atoms with van der Waals surface area (Å²) >= 11 is 0. The lowest BCUT2D eigenvalue weighted by Gasteiger charge is -2.42. The van der Waals surface area contributed by atoms with Crippen LogP contribution in [0, 0.1) is 0 Å². The topological polar surface area (TPSA) is 28.2 Å². The Labute approximate surface area is 111 Å². The molecule has 3 unspecified atom stereocenters. The van der Waals surface area contributed by atoms with Crippen molar-refractivity contribution in [1.82, 2.24) is 15.2 Å². The van der Waals surface area contributed by atoms with Crippen LogP contribution >= 0.6 is 0 Å². The molecule has 0 saturated carbocycles. The lowest BCUT2D eigenvalue weighted by molar-refractivity contribution is 0.0957. The Kier molecular flexibility index (Phi) is 4.72. The molecule has 1 aliphatic heterocycles. The van der Waals surface area contributed by atoms with Crippen LogP contribution in [0.25, 0.3) is 0 Å². The summed E-state index contributed by atoms with van der Waals surface area (Å²) in [4.78, 5) is 6.84. The van der Waals surface area contributed by atoms with Crippen LogP contribution in [-0.2, 0) is 0 Å². The molecule has 1 saturated heterocycles. The average molecular weight is 247 g/mol. The number of hydrogen-bond donors (Lipinski definition) is 1. The van der Waals surface area contributed by atoms with Gasteiger partial charge in [0.05, 0.1) is 0 Å². The Morgan fingerprint density at radius 2 is 2.39 bits per heavy atom. The van der Waals surface area contributed by atoms with Gasteiger partial charge in [0.25, 0.3) is 0 Å². The molecule has 0 spiro atoms. The standard InChI is InChI=1S/C15H25N3/c1-4-6-15-11-18(12(2)9-17-15)13(3)14-7-5-8-16-10-14/h5,7-8,10,12-13,15,17H,4,6,9,11H2,1-3H3. The Morgan fingerprint density at radius 3 is 3.06 bits per heavy atom. The quantitative estimate of drug-likeness (QED) is 0.886. The first kappa shape index (κ1) is 13.5. The molecule has 0 bridgehead atoms. The maximum atomic E-state index is 4.24. The highest BCUT2D eigenvalue weighted by Crippen LogP contribution is 2.24. The summed E-state index contributed by atoms with van der Waals surface area (Å²) in [5.74, 6) is 0. The first-order chi connectivity index (χ1) is 8.72. The van der Waals surface area contributed by atoms with Gasteiger partial charge >= 0.3 is 0 Å². The predicted octanol–water partition coefficient (Wildman–Crippen LogP) is 2.61. The van der Waals surface area contributed by atoms with Crippen LogP contribution in [0.1, 0.15) is 45.2 Å². The summed E-state index contributed by atoms with van der Waals surface area (Å²) in [5, 5.41) is 3.65. The van der Waals surface area contributed by atoms with E-state index in [0.29, 0.717) is 18.1 Å². The molecule has 1 aliphatic rings. The third-order valence-corrected chi connectivity index (χ3v) is 4.00. The third-order valence-electron chi connectivity index (χ3n) is 4.00. The van der Waals surface area contributed by atoms with Crippen molar-refractivity contribution >= 4 is 0 Å². The summed E-state index contributed by atoms with van der Waals surface area (Å²) in [6, 6.07) is 5.90. The fraction of sp³-hybridized carbons (Fsp3) is 0.667. The van der Waals surface area contributed by atoms with E-state index < -0.39 is 0 Å². The van der Waals surface area contributed by atoms with E-state index in [1.54, 1.807) is 0 Å². The second kappa shape index (κ2) is 6.30. The van der Waals surface area contributed by atoms with Crippen LogP contribution in [0.3, 0.4) is 0 Å². The molecular weight excluding hydrogens is 222 g/mol. The van der Waals surface area contributed by atoms with Gasteiger partial charge in [0.15, 0.2) is 0 Å². The van der Waals surface area contributed by atoms with Crippen molar-refractivity contribution in [1.29, 1.82) is 0 Å². The lowest BCUT2D eigenvalue weighted by Crippen LogP contribution is -2.55. The van der Waals surface area contributed by atoms with Crippen molar-refractivity contribution in [3.63, 3.8) is 0 Å². The summed E-state index contributed by atoms with van der Waals surface area (Å²) < 4.78 is 0. The van der Waals surface area contributed by atoms with Gasteiger partial charge in [-0.1, -0.05) is 19.4 Å². The summed E-state index contributed by atoms with van der Waals surface area (Å²) in [5.41, 5.74) is 1.32. The minimum atomic E-state index is 0.454. The summed E-state index contributed by atoms with van der Waals surface area (Å²) in [6.45, 7) is 9.10. The molecule has 0 aliphatic carbocycles. The summed E-state index contributed by atoms with van der Waals surface area (Å²) in [7, 11) is 0. The zero-order valence-corrected chi connectivity index (χ0v) is 11.8. The molecule has 2 heterocycles. The van der Waals surface area contributed by atoms with E-state index in [9.17, 15) is 0 Å². The maximum Gasteiger partial charge on any atom is 0.0339 e. The van der Waals surface area contributed by atoms with Gasteiger partial charge in [-0.15, -0.1) is 0 Å². The molecule has 1 fully saturated rings. The molecule has 1 aromatic heterocycles. The van der Waals surface area contributed by atoms with Crippen LogP contribution in [0.2, 0.25) is 0 Å². The minimum Gasteiger partial charge on any atom is -0.311 e. The van der Waals surface area contributed by atoms with Gasteiger partial charge in [0.1, 0.15) is 0 Å². The minimum absolute atomic E-state index is 0.454. The molecule has 1 aromatic rings. The van der Waals surface area contributed by atoms with Crippen molar-refractivity contribution in [2.45, 2.75) is 51.7 Å². The first-order valence-corrected chi connectivity index (χ1v) is 7.11. The Morgan fingerprint density at radius 1 is 1.56 bits per heavy atom. The fourth-order valence-corrected chi connectivity index (χ4v) is 2.85. The predicted molar refractivity (Wildman–Crippen MR) is 75.5 cm³/mol. The van der Waals surface area contributed by atoms with Crippen molar-refractivity contribution in [3.8, 4) is 0 Å². The largest absolute Gasteiger partial charge is 0.311 e. The van der Waals surface area contributed by atoms with E-state index in [1.807, 2.05) is 18.5 Å². The van der Waals surface area contributed by atoms with Gasteiger partial charge in [-0.2, -0.15) is 0 Å². The monoisotopic (exact) mass is 247 g/mol. The number of rotatable bonds is 4. The number of aromatic nitrogens is 1.